The van der Waals surface area contributed by atoms with E-state index in [-0.39, 0.29) is 28.5 Å². The van der Waals surface area contributed by atoms with Gasteiger partial charge in [0, 0.05) is 40.7 Å². The number of amides is 1. The van der Waals surface area contributed by atoms with E-state index in [1.54, 1.807) is 30.8 Å². The van der Waals surface area contributed by atoms with Crippen LogP contribution < -0.4 is 26.0 Å². The zero-order valence-electron chi connectivity index (χ0n) is 23.0. The van der Waals surface area contributed by atoms with E-state index in [1.807, 2.05) is 31.2 Å². The highest BCUT2D eigenvalue weighted by atomic mass is 16.5. The van der Waals surface area contributed by atoms with Gasteiger partial charge in [-0.15, -0.1) is 0 Å². The van der Waals surface area contributed by atoms with E-state index in [0.29, 0.717) is 17.8 Å². The van der Waals surface area contributed by atoms with Crippen LogP contribution in [0.5, 0.6) is 11.5 Å². The van der Waals surface area contributed by atoms with Crippen LogP contribution in [0, 0.1) is 0 Å². The highest BCUT2D eigenvalue weighted by Crippen LogP contribution is 2.17. The van der Waals surface area contributed by atoms with Crippen LogP contribution in [0.3, 0.4) is 0 Å². The van der Waals surface area contributed by atoms with Crippen LogP contribution in [0.25, 0.3) is 11.2 Å². The lowest BCUT2D eigenvalue weighted by Gasteiger charge is -2.04. The Morgan fingerprint density at radius 1 is 0.950 bits per heavy atom. The van der Waals surface area contributed by atoms with Crippen LogP contribution in [-0.2, 0) is 30.7 Å². The topological polar surface area (TPSA) is 164 Å². The monoisotopic (exact) mass is 553 g/mol. The van der Waals surface area contributed by atoms with E-state index in [2.05, 4.69) is 15.0 Å². The molecule has 0 radical (unpaired) electrons. The van der Waals surface area contributed by atoms with Crippen LogP contribution in [-0.4, -0.2) is 48.2 Å². The third-order valence-corrected chi connectivity index (χ3v) is 5.17. The highest BCUT2D eigenvalue weighted by molar-refractivity contribution is 5.91. The summed E-state index contributed by atoms with van der Waals surface area (Å²) in [6, 6.07) is 13.3. The lowest BCUT2D eigenvalue weighted by Crippen LogP contribution is -2.37. The lowest BCUT2D eigenvalue weighted by atomic mass is 10.2. The predicted octanol–water partition coefficient (Wildman–Crippen LogP) is 2.32. The number of hydrogen-bond acceptors (Lipinski definition) is 8. The first kappa shape index (κ1) is 31.0. The summed E-state index contributed by atoms with van der Waals surface area (Å²) < 4.78 is 14.0. The van der Waals surface area contributed by atoms with Gasteiger partial charge < -0.3 is 24.5 Å². The van der Waals surface area contributed by atoms with Crippen molar-refractivity contribution >= 4 is 34.7 Å². The SMILES string of the molecule is CC(=O)Oc1ccccc1C(=O)O.CCOc1ccc(NC(C)=O)cc1.Cn1c(=O)c2c(ncn2C)n(C)c1=O. The van der Waals surface area contributed by atoms with Gasteiger partial charge in [0.25, 0.3) is 5.56 Å². The Hall–Kier alpha value is -5.20. The smallest absolute Gasteiger partial charge is 0.339 e. The average Bonchev–Trinajstić information content (AvgIpc) is 3.29. The fraction of sp³-hybridized carbons (Fsp3) is 0.259. The minimum atomic E-state index is -1.11. The minimum absolute atomic E-state index is 0.0160. The van der Waals surface area contributed by atoms with Crippen molar-refractivity contribution in [3.8, 4) is 11.5 Å². The van der Waals surface area contributed by atoms with Crippen molar-refractivity contribution in [3.05, 3.63) is 81.3 Å². The van der Waals surface area contributed by atoms with E-state index in [9.17, 15) is 24.0 Å². The molecule has 0 atom stereocenters. The molecule has 212 valence electrons. The summed E-state index contributed by atoms with van der Waals surface area (Å²) in [7, 11) is 4.77. The standard InChI is InChI=1S/C10H13NO2.C9H8O4.C8H10N4O2/c1-3-13-10-6-4-9(5-7-10)11-8(2)12;1-6(10)13-8-5-3-2-4-7(8)9(11)12;1-10-4-9-6-5(10)7(13)12(3)8(14)11(6)2/h4-7H,3H2,1-2H3,(H,11,12);2-5H,1H3,(H,11,12);4H,1-3H3. The van der Waals surface area contributed by atoms with Gasteiger partial charge in [0.15, 0.2) is 11.2 Å². The molecule has 2 aromatic carbocycles. The van der Waals surface area contributed by atoms with E-state index < -0.39 is 11.9 Å². The molecule has 2 N–H and O–H groups in total. The van der Waals surface area contributed by atoms with Gasteiger partial charge in [-0.25, -0.2) is 14.6 Å². The van der Waals surface area contributed by atoms with Crippen LogP contribution >= 0.6 is 0 Å². The quantitative estimate of drug-likeness (QED) is 0.279. The molecular weight excluding hydrogens is 522 g/mol. The molecule has 2 heterocycles. The van der Waals surface area contributed by atoms with Crippen molar-refractivity contribution in [1.82, 2.24) is 18.7 Å². The van der Waals surface area contributed by atoms with Crippen LogP contribution in [0.2, 0.25) is 0 Å². The maximum absolute atomic E-state index is 11.7. The molecule has 40 heavy (non-hydrogen) atoms. The normalized spacial score (nSPS) is 9.95. The number of nitrogens with one attached hydrogen (secondary N) is 1. The number of esters is 1. The number of ether oxygens (including phenoxy) is 2. The number of carboxylic acid groups (broad SMARTS) is 1. The van der Waals surface area contributed by atoms with Gasteiger partial charge in [-0.2, -0.15) is 0 Å². The number of aromatic nitrogens is 4. The van der Waals surface area contributed by atoms with Crippen LogP contribution in [0.4, 0.5) is 5.69 Å². The lowest BCUT2D eigenvalue weighted by molar-refractivity contribution is -0.131. The zero-order valence-corrected chi connectivity index (χ0v) is 23.0. The van der Waals surface area contributed by atoms with Crippen molar-refractivity contribution in [2.75, 3.05) is 11.9 Å². The van der Waals surface area contributed by atoms with Gasteiger partial charge in [-0.05, 0) is 43.3 Å². The maximum Gasteiger partial charge on any atom is 0.339 e. The number of anilines is 1. The fourth-order valence-corrected chi connectivity index (χ4v) is 3.36. The zero-order chi connectivity index (χ0) is 30.0. The first-order valence-electron chi connectivity index (χ1n) is 12.0. The Kier molecular flexibility index (Phi) is 10.9. The van der Waals surface area contributed by atoms with Gasteiger partial charge in [0.1, 0.15) is 17.1 Å². The Labute approximate surface area is 229 Å². The number of nitrogens with zero attached hydrogens (tertiary/aromatic N) is 4. The molecule has 0 saturated carbocycles. The summed E-state index contributed by atoms with van der Waals surface area (Å²) in [6.07, 6.45) is 1.52. The molecule has 0 saturated heterocycles. The summed E-state index contributed by atoms with van der Waals surface area (Å²) in [5, 5.41) is 11.4. The third kappa shape index (κ3) is 8.15. The number of fused-ring (bicyclic) bond motifs is 1. The average molecular weight is 554 g/mol. The van der Waals surface area contributed by atoms with Gasteiger partial charge in [0.05, 0.1) is 12.9 Å². The van der Waals surface area contributed by atoms with Gasteiger partial charge >= 0.3 is 17.6 Å². The Morgan fingerprint density at radius 2 is 1.57 bits per heavy atom. The number of carbonyl (C=O) groups excluding carboxylic acids is 2. The Morgan fingerprint density at radius 3 is 2.12 bits per heavy atom. The second kappa shape index (κ2) is 14.1. The van der Waals surface area contributed by atoms with Crippen molar-refractivity contribution in [2.45, 2.75) is 20.8 Å². The fourth-order valence-electron chi connectivity index (χ4n) is 3.36. The first-order chi connectivity index (χ1) is 18.9. The molecular formula is C27H31N5O8. The number of hydrogen-bond donors (Lipinski definition) is 2. The Bertz CT molecular complexity index is 1620. The summed E-state index contributed by atoms with van der Waals surface area (Å²) in [5.74, 6) is -0.825. The number of carboxylic acids is 1. The molecule has 4 aromatic rings. The molecule has 0 fully saturated rings. The van der Waals surface area contributed by atoms with E-state index >= 15 is 0 Å². The van der Waals surface area contributed by atoms with Crippen LogP contribution in [0.1, 0.15) is 31.1 Å². The van der Waals surface area contributed by atoms with Crippen molar-refractivity contribution in [3.63, 3.8) is 0 Å². The summed E-state index contributed by atoms with van der Waals surface area (Å²) >= 11 is 0. The molecule has 0 aliphatic heterocycles. The van der Waals surface area contributed by atoms with E-state index in [1.165, 1.54) is 43.9 Å². The molecule has 0 aliphatic rings. The van der Waals surface area contributed by atoms with Crippen molar-refractivity contribution in [2.24, 2.45) is 21.1 Å². The summed E-state index contributed by atoms with van der Waals surface area (Å²) in [4.78, 5) is 59.0. The number of carbonyl (C=O) groups is 3. The molecule has 2 aromatic heterocycles. The molecule has 13 heteroatoms. The first-order valence-corrected chi connectivity index (χ1v) is 12.0. The van der Waals surface area contributed by atoms with E-state index in [4.69, 9.17) is 9.84 Å². The highest BCUT2D eigenvalue weighted by Gasteiger charge is 2.12. The van der Waals surface area contributed by atoms with Crippen molar-refractivity contribution < 1.29 is 29.0 Å². The van der Waals surface area contributed by atoms with Crippen molar-refractivity contribution in [1.29, 1.82) is 0 Å². The molecule has 0 unspecified atom stereocenters. The summed E-state index contributed by atoms with van der Waals surface area (Å²) in [6.45, 7) is 5.29. The molecule has 4 rings (SSSR count). The third-order valence-electron chi connectivity index (χ3n) is 5.17. The number of benzene rings is 2. The second-order valence-electron chi connectivity index (χ2n) is 8.27. The minimum Gasteiger partial charge on any atom is -0.494 e. The predicted molar refractivity (Wildman–Crippen MR) is 148 cm³/mol. The van der Waals surface area contributed by atoms with Crippen LogP contribution in [0.15, 0.2) is 64.4 Å². The van der Waals surface area contributed by atoms with Gasteiger partial charge in [-0.3, -0.25) is 23.5 Å². The molecule has 0 spiro atoms. The maximum atomic E-state index is 11.7. The number of imidazole rings is 1. The number of para-hydroxylation sites is 1. The summed E-state index contributed by atoms with van der Waals surface area (Å²) in [5.41, 5.74) is 0.952. The van der Waals surface area contributed by atoms with Gasteiger partial charge in [-0.1, -0.05) is 12.1 Å². The number of rotatable bonds is 5. The largest absolute Gasteiger partial charge is 0.494 e. The number of aryl methyl sites for hydroxylation is 2. The Balaban J connectivity index is 0.000000210. The molecule has 0 bridgehead atoms. The molecule has 13 nitrogen and oxygen atoms in total. The number of aromatic carboxylic acids is 1. The van der Waals surface area contributed by atoms with Gasteiger partial charge in [0.2, 0.25) is 5.91 Å². The molecule has 0 aliphatic carbocycles. The van der Waals surface area contributed by atoms with E-state index in [0.717, 1.165) is 16.0 Å². The molecule has 1 amide bonds. The second-order valence-corrected chi connectivity index (χ2v) is 8.27.